The summed E-state index contributed by atoms with van der Waals surface area (Å²) >= 11 is 0. The second kappa shape index (κ2) is 15.5. The van der Waals surface area contributed by atoms with Crippen LogP contribution in [0.2, 0.25) is 0 Å². The highest BCUT2D eigenvalue weighted by Crippen LogP contribution is 2.34. The number of nitrogens with two attached hydrogens (primary N) is 1. The monoisotopic (exact) mass is 581 g/mol. The molecule has 228 valence electrons. The average Bonchev–Trinajstić information content (AvgIpc) is 2.97. The number of hydrogen-bond acceptors (Lipinski definition) is 6. The second-order valence-corrected chi connectivity index (χ2v) is 11.8. The molecule has 0 fully saturated rings. The molecular formula is C36H47N5O2. The van der Waals surface area contributed by atoms with E-state index < -0.39 is 11.7 Å². The molecule has 0 aliphatic carbocycles. The Bertz CT molecular complexity index is 1330. The van der Waals surface area contributed by atoms with E-state index in [0.29, 0.717) is 13.1 Å². The molecule has 7 nitrogen and oxygen atoms in total. The third-order valence-electron chi connectivity index (χ3n) is 6.65. The molecule has 0 heterocycles. The van der Waals surface area contributed by atoms with Crippen LogP contribution >= 0.6 is 0 Å². The van der Waals surface area contributed by atoms with Gasteiger partial charge in [0.2, 0.25) is 0 Å². The van der Waals surface area contributed by atoms with Crippen LogP contribution in [0.3, 0.4) is 0 Å². The molecule has 4 rings (SSSR count). The zero-order valence-electron chi connectivity index (χ0n) is 26.6. The van der Waals surface area contributed by atoms with Crippen LogP contribution in [0, 0.1) is 0 Å². The number of rotatable bonds is 9. The van der Waals surface area contributed by atoms with E-state index in [9.17, 15) is 4.79 Å². The number of anilines is 4. The van der Waals surface area contributed by atoms with Crippen molar-refractivity contribution >= 4 is 28.8 Å². The van der Waals surface area contributed by atoms with Crippen molar-refractivity contribution in [3.63, 3.8) is 0 Å². The van der Waals surface area contributed by atoms with Gasteiger partial charge in [0, 0.05) is 69.9 Å². The Balaban J connectivity index is 0.000000633. The number of amides is 1. The third kappa shape index (κ3) is 10.9. The van der Waals surface area contributed by atoms with E-state index >= 15 is 0 Å². The lowest BCUT2D eigenvalue weighted by Gasteiger charge is -2.22. The Morgan fingerprint density at radius 3 is 1.51 bits per heavy atom. The second-order valence-electron chi connectivity index (χ2n) is 11.8. The van der Waals surface area contributed by atoms with Gasteiger partial charge >= 0.3 is 6.09 Å². The Hall–Kier alpha value is -4.65. The van der Waals surface area contributed by atoms with Gasteiger partial charge in [0.1, 0.15) is 5.60 Å². The fourth-order valence-electron chi connectivity index (χ4n) is 4.44. The first-order chi connectivity index (χ1) is 20.4. The van der Waals surface area contributed by atoms with Crippen LogP contribution in [0.4, 0.5) is 27.5 Å². The lowest BCUT2D eigenvalue weighted by atomic mass is 9.85. The maximum Gasteiger partial charge on any atom is 0.407 e. The zero-order valence-corrected chi connectivity index (χ0v) is 26.6. The van der Waals surface area contributed by atoms with Gasteiger partial charge in [-0.1, -0.05) is 54.6 Å². The smallest absolute Gasteiger partial charge is 0.407 e. The molecule has 0 atom stereocenters. The quantitative estimate of drug-likeness (QED) is 0.110. The summed E-state index contributed by atoms with van der Waals surface area (Å²) in [7, 11) is 8.23. The van der Waals surface area contributed by atoms with Gasteiger partial charge in [-0.2, -0.15) is 0 Å². The number of ether oxygens (including phenoxy) is 1. The van der Waals surface area contributed by atoms with E-state index in [2.05, 4.69) is 121 Å². The summed E-state index contributed by atoms with van der Waals surface area (Å²) in [6.07, 6.45) is -0.400. The summed E-state index contributed by atoms with van der Waals surface area (Å²) in [6.45, 7) is 6.66. The molecule has 4 aromatic carbocycles. The van der Waals surface area contributed by atoms with E-state index in [-0.39, 0.29) is 5.92 Å². The predicted molar refractivity (Wildman–Crippen MR) is 183 cm³/mol. The summed E-state index contributed by atoms with van der Waals surface area (Å²) in [5.41, 5.74) is 12.8. The highest BCUT2D eigenvalue weighted by Gasteiger charge is 2.18. The normalized spacial score (nSPS) is 10.8. The lowest BCUT2D eigenvalue weighted by molar-refractivity contribution is 0.0530. The summed E-state index contributed by atoms with van der Waals surface area (Å²) in [4.78, 5) is 16.0. The number of benzene rings is 4. The van der Waals surface area contributed by atoms with Crippen LogP contribution in [0.5, 0.6) is 0 Å². The zero-order chi connectivity index (χ0) is 31.4. The molecule has 0 aliphatic rings. The number of carbonyl (C=O) groups excluding carboxylic acids is 1. The summed E-state index contributed by atoms with van der Waals surface area (Å²) in [5.74, 6) is 0.125. The van der Waals surface area contributed by atoms with E-state index in [4.69, 9.17) is 10.5 Å². The lowest BCUT2D eigenvalue weighted by Crippen LogP contribution is -2.34. The van der Waals surface area contributed by atoms with Gasteiger partial charge in [-0.25, -0.2) is 4.79 Å². The molecule has 4 N–H and O–H groups in total. The number of nitrogens with zero attached hydrogens (tertiary/aromatic N) is 2. The van der Waals surface area contributed by atoms with Crippen LogP contribution in [0.25, 0.3) is 0 Å². The number of para-hydroxylation sites is 1. The first-order valence-electron chi connectivity index (χ1n) is 14.6. The Morgan fingerprint density at radius 1 is 0.698 bits per heavy atom. The molecule has 0 unspecified atom stereocenters. The minimum Gasteiger partial charge on any atom is -0.444 e. The number of hydrogen-bond donors (Lipinski definition) is 3. The molecule has 0 radical (unpaired) electrons. The summed E-state index contributed by atoms with van der Waals surface area (Å²) in [5, 5.41) is 6.14. The number of carbonyl (C=O) groups is 1. The van der Waals surface area contributed by atoms with Gasteiger partial charge in [-0.3, -0.25) is 0 Å². The molecule has 43 heavy (non-hydrogen) atoms. The third-order valence-corrected chi connectivity index (χ3v) is 6.65. The van der Waals surface area contributed by atoms with Gasteiger partial charge in [0.15, 0.2) is 0 Å². The average molecular weight is 582 g/mol. The number of nitrogens with one attached hydrogen (secondary N) is 2. The SMILES string of the molecule is CN(C)c1ccc(C(c2ccc(NCCNC(=O)OC(C)(C)C)cc2)c2ccc(N(C)C)cc2)cc1.Nc1ccccc1. The minimum absolute atomic E-state index is 0.125. The van der Waals surface area contributed by atoms with Crippen molar-refractivity contribution < 1.29 is 9.53 Å². The van der Waals surface area contributed by atoms with Crippen molar-refractivity contribution in [2.75, 3.05) is 62.1 Å². The van der Waals surface area contributed by atoms with Gasteiger partial charge in [-0.15, -0.1) is 0 Å². The highest BCUT2D eigenvalue weighted by atomic mass is 16.6. The topological polar surface area (TPSA) is 82.9 Å². The van der Waals surface area contributed by atoms with Crippen molar-refractivity contribution in [3.8, 4) is 0 Å². The van der Waals surface area contributed by atoms with Crippen molar-refractivity contribution in [2.45, 2.75) is 32.3 Å². The van der Waals surface area contributed by atoms with Crippen LogP contribution in [-0.2, 0) is 4.74 Å². The highest BCUT2D eigenvalue weighted by molar-refractivity contribution is 5.67. The first-order valence-corrected chi connectivity index (χ1v) is 14.6. The molecule has 1 amide bonds. The summed E-state index contributed by atoms with van der Waals surface area (Å²) < 4.78 is 5.27. The molecule has 0 spiro atoms. The maximum absolute atomic E-state index is 11.8. The molecule has 4 aromatic rings. The van der Waals surface area contributed by atoms with Crippen molar-refractivity contribution in [1.82, 2.24) is 5.32 Å². The number of nitrogen functional groups attached to an aromatic ring is 1. The van der Waals surface area contributed by atoms with E-state index in [0.717, 1.165) is 11.4 Å². The minimum atomic E-state index is -0.497. The molecule has 0 bridgehead atoms. The molecule has 0 saturated carbocycles. The van der Waals surface area contributed by atoms with Crippen LogP contribution in [0.1, 0.15) is 43.4 Å². The first kappa shape index (κ1) is 32.9. The maximum atomic E-state index is 11.8. The van der Waals surface area contributed by atoms with Gasteiger partial charge in [0.25, 0.3) is 0 Å². The molecule has 0 saturated heterocycles. The van der Waals surface area contributed by atoms with E-state index in [1.54, 1.807) is 0 Å². The van der Waals surface area contributed by atoms with Crippen molar-refractivity contribution in [1.29, 1.82) is 0 Å². The Kier molecular flexibility index (Phi) is 11.9. The number of alkyl carbamates (subject to hydrolysis) is 1. The summed E-state index contributed by atoms with van der Waals surface area (Å²) in [6, 6.07) is 35.6. The van der Waals surface area contributed by atoms with E-state index in [1.165, 1.54) is 28.1 Å². The standard InChI is InChI=1S/C30H40N4O2.C6H7N/c1-30(2,3)36-29(35)32-21-20-31-25-14-8-22(9-15-25)28(23-10-16-26(17-11-23)33(4)5)24-12-18-27(19-13-24)34(6)7;7-6-4-2-1-3-5-6/h8-19,28,31H,20-21H2,1-7H3,(H,32,35);1-5H,7H2. The van der Waals surface area contributed by atoms with E-state index in [1.807, 2.05) is 51.1 Å². The Labute approximate surface area is 257 Å². The van der Waals surface area contributed by atoms with Crippen molar-refractivity contribution in [3.05, 3.63) is 120 Å². The molecule has 0 aliphatic heterocycles. The fraction of sp³-hybridized carbons (Fsp3) is 0.306. The van der Waals surface area contributed by atoms with Crippen LogP contribution in [-0.4, -0.2) is 53.0 Å². The Morgan fingerprint density at radius 2 is 1.14 bits per heavy atom. The largest absolute Gasteiger partial charge is 0.444 e. The van der Waals surface area contributed by atoms with Gasteiger partial charge in [-0.05, 0) is 86.0 Å². The molecule has 0 aromatic heterocycles. The molecule has 7 heteroatoms. The predicted octanol–water partition coefficient (Wildman–Crippen LogP) is 7.20. The molecular weight excluding hydrogens is 534 g/mol. The fourth-order valence-corrected chi connectivity index (χ4v) is 4.44. The van der Waals surface area contributed by atoms with Crippen LogP contribution in [0.15, 0.2) is 103 Å². The van der Waals surface area contributed by atoms with Crippen LogP contribution < -0.4 is 26.2 Å². The van der Waals surface area contributed by atoms with Crippen molar-refractivity contribution in [2.24, 2.45) is 0 Å². The van der Waals surface area contributed by atoms with Gasteiger partial charge < -0.3 is 30.9 Å². The van der Waals surface area contributed by atoms with Gasteiger partial charge in [0.05, 0.1) is 0 Å².